The number of hydrogen-bond acceptors (Lipinski definition) is 5. The van der Waals surface area contributed by atoms with Gasteiger partial charge in [-0.05, 0) is 51.4 Å². The maximum Gasteiger partial charge on any atom is 0.305 e. The number of aliphatic hydroxyl groups excluding tert-OH is 2. The van der Waals surface area contributed by atoms with Crippen LogP contribution in [0.3, 0.4) is 0 Å². The molecule has 0 aliphatic rings. The Labute approximate surface area is 444 Å². The SMILES string of the molecule is CCCCCCCCCCCCCCCCCCCCC(=O)OCCCCCCCCCCCCCC/C=C\CCCCCCCCCCC(=O)NC(CO)C(O)CCCCCCCCCCCCCC. The molecular weight excluding hydrogens is 875 g/mol. The van der Waals surface area contributed by atoms with Crippen molar-refractivity contribution in [2.45, 2.75) is 379 Å². The lowest BCUT2D eigenvalue weighted by molar-refractivity contribution is -0.143. The summed E-state index contributed by atoms with van der Waals surface area (Å²) in [5.41, 5.74) is 0. The van der Waals surface area contributed by atoms with Gasteiger partial charge in [0.2, 0.25) is 5.91 Å². The van der Waals surface area contributed by atoms with E-state index in [-0.39, 0.29) is 18.5 Å². The molecule has 0 bridgehead atoms. The molecule has 3 N–H and O–H groups in total. The highest BCUT2D eigenvalue weighted by Crippen LogP contribution is 2.18. The fourth-order valence-electron chi connectivity index (χ4n) is 10.3. The monoisotopic (exact) mass is 1000 g/mol. The van der Waals surface area contributed by atoms with E-state index in [9.17, 15) is 19.8 Å². The molecule has 2 atom stereocenters. The van der Waals surface area contributed by atoms with Crippen LogP contribution in [0.5, 0.6) is 0 Å². The maximum absolute atomic E-state index is 12.5. The molecule has 422 valence electrons. The van der Waals surface area contributed by atoms with Gasteiger partial charge in [0.1, 0.15) is 0 Å². The van der Waals surface area contributed by atoms with Crippen molar-refractivity contribution in [3.63, 3.8) is 0 Å². The topological polar surface area (TPSA) is 95.9 Å². The van der Waals surface area contributed by atoms with Gasteiger partial charge in [0.05, 0.1) is 25.4 Å². The zero-order valence-corrected chi connectivity index (χ0v) is 48.2. The second kappa shape index (κ2) is 61.1. The molecule has 71 heavy (non-hydrogen) atoms. The van der Waals surface area contributed by atoms with Crippen LogP contribution in [0.25, 0.3) is 0 Å². The zero-order chi connectivity index (χ0) is 51.4. The maximum atomic E-state index is 12.5. The molecular formula is C65H127NO5. The molecule has 0 radical (unpaired) electrons. The average molecular weight is 1000 g/mol. The number of carbonyl (C=O) groups is 2. The van der Waals surface area contributed by atoms with Gasteiger partial charge in [-0.2, -0.15) is 0 Å². The first kappa shape index (κ1) is 69.6. The molecule has 2 unspecified atom stereocenters. The summed E-state index contributed by atoms with van der Waals surface area (Å²) in [4.78, 5) is 24.6. The molecule has 0 saturated carbocycles. The number of rotatable bonds is 61. The molecule has 0 heterocycles. The first-order chi connectivity index (χ1) is 35.0. The van der Waals surface area contributed by atoms with Crippen molar-refractivity contribution in [1.82, 2.24) is 5.32 Å². The number of carbonyl (C=O) groups excluding carboxylic acids is 2. The molecule has 0 aromatic heterocycles. The summed E-state index contributed by atoms with van der Waals surface area (Å²) in [7, 11) is 0. The lowest BCUT2D eigenvalue weighted by Gasteiger charge is -2.22. The first-order valence-electron chi connectivity index (χ1n) is 32.4. The zero-order valence-electron chi connectivity index (χ0n) is 48.2. The van der Waals surface area contributed by atoms with Crippen molar-refractivity contribution in [2.24, 2.45) is 0 Å². The number of amides is 1. The number of aliphatic hydroxyl groups is 2. The largest absolute Gasteiger partial charge is 0.466 e. The lowest BCUT2D eigenvalue weighted by Crippen LogP contribution is -2.45. The summed E-state index contributed by atoms with van der Waals surface area (Å²) in [5, 5.41) is 23.2. The molecule has 0 aromatic carbocycles. The molecule has 6 heteroatoms. The van der Waals surface area contributed by atoms with E-state index in [1.807, 2.05) is 0 Å². The molecule has 0 aliphatic carbocycles. The van der Waals surface area contributed by atoms with E-state index >= 15 is 0 Å². The van der Waals surface area contributed by atoms with Gasteiger partial charge >= 0.3 is 5.97 Å². The van der Waals surface area contributed by atoms with Crippen LogP contribution in [-0.2, 0) is 14.3 Å². The summed E-state index contributed by atoms with van der Waals surface area (Å²) in [6, 6.07) is -0.543. The van der Waals surface area contributed by atoms with E-state index in [1.165, 1.54) is 295 Å². The van der Waals surface area contributed by atoms with Gasteiger partial charge in [-0.1, -0.05) is 315 Å². The summed E-state index contributed by atoms with van der Waals surface area (Å²) in [6.07, 6.45) is 73.8. The summed E-state index contributed by atoms with van der Waals surface area (Å²) >= 11 is 0. The van der Waals surface area contributed by atoms with Crippen molar-refractivity contribution in [1.29, 1.82) is 0 Å². The normalized spacial score (nSPS) is 12.6. The quantitative estimate of drug-likeness (QED) is 0.0320. The molecule has 0 saturated heterocycles. The van der Waals surface area contributed by atoms with Gasteiger partial charge in [0, 0.05) is 12.8 Å². The number of allylic oxidation sites excluding steroid dienone is 2. The van der Waals surface area contributed by atoms with E-state index in [1.54, 1.807) is 0 Å². The lowest BCUT2D eigenvalue weighted by atomic mass is 10.0. The Bertz CT molecular complexity index is 1060. The number of nitrogens with one attached hydrogen (secondary N) is 1. The molecule has 0 fully saturated rings. The van der Waals surface area contributed by atoms with Gasteiger partial charge in [0.25, 0.3) is 0 Å². The van der Waals surface area contributed by atoms with Crippen molar-refractivity contribution >= 4 is 11.9 Å². The highest BCUT2D eigenvalue weighted by Gasteiger charge is 2.20. The minimum absolute atomic E-state index is 0.0176. The highest BCUT2D eigenvalue weighted by atomic mass is 16.5. The third-order valence-electron chi connectivity index (χ3n) is 15.3. The molecule has 0 aliphatic heterocycles. The van der Waals surface area contributed by atoms with Crippen molar-refractivity contribution < 1.29 is 24.5 Å². The van der Waals surface area contributed by atoms with Crippen molar-refractivity contribution in [3.05, 3.63) is 12.2 Å². The van der Waals surface area contributed by atoms with Crippen LogP contribution in [-0.4, -0.2) is 47.4 Å². The van der Waals surface area contributed by atoms with Crippen LogP contribution in [0.1, 0.15) is 367 Å². The molecule has 0 rings (SSSR count). The third-order valence-corrected chi connectivity index (χ3v) is 15.3. The standard InChI is InChI=1S/C65H127NO5/c1-3-5-7-9-11-13-15-17-18-19-29-32-35-39-43-47-51-55-59-65(70)71-60-56-52-48-44-40-36-33-30-27-25-23-21-20-22-24-26-28-31-34-38-42-46-50-54-58-64(69)66-62(61-67)63(68)57-53-49-45-41-37-16-14-12-10-8-6-4-2/h22,24,62-63,67-68H,3-21,23,25-61H2,1-2H3,(H,66,69)/b24-22-. The second-order valence-electron chi connectivity index (χ2n) is 22.5. The molecule has 0 spiro atoms. The summed E-state index contributed by atoms with van der Waals surface area (Å²) in [5.74, 6) is -0.0206. The predicted molar refractivity (Wildman–Crippen MR) is 310 cm³/mol. The van der Waals surface area contributed by atoms with E-state index in [2.05, 4.69) is 31.3 Å². The van der Waals surface area contributed by atoms with Gasteiger partial charge in [-0.3, -0.25) is 9.59 Å². The number of hydrogen-bond donors (Lipinski definition) is 3. The number of unbranched alkanes of at least 4 members (excludes halogenated alkanes) is 48. The number of esters is 1. The van der Waals surface area contributed by atoms with Gasteiger partial charge in [-0.25, -0.2) is 0 Å². The Balaban J connectivity index is 3.36. The van der Waals surface area contributed by atoms with Crippen molar-refractivity contribution in [2.75, 3.05) is 13.2 Å². The fraction of sp³-hybridized carbons (Fsp3) is 0.938. The number of ether oxygens (including phenoxy) is 1. The Hall–Kier alpha value is -1.40. The minimum Gasteiger partial charge on any atom is -0.466 e. The fourth-order valence-corrected chi connectivity index (χ4v) is 10.3. The Morgan fingerprint density at radius 3 is 1.00 bits per heavy atom. The van der Waals surface area contributed by atoms with E-state index in [0.717, 1.165) is 38.5 Å². The predicted octanol–water partition coefficient (Wildman–Crippen LogP) is 20.4. The van der Waals surface area contributed by atoms with Crippen LogP contribution in [0, 0.1) is 0 Å². The Kier molecular flexibility index (Phi) is 59.9. The summed E-state index contributed by atoms with van der Waals surface area (Å²) in [6.45, 7) is 4.98. The molecule has 0 aromatic rings. The third kappa shape index (κ3) is 57.7. The summed E-state index contributed by atoms with van der Waals surface area (Å²) < 4.78 is 5.50. The van der Waals surface area contributed by atoms with E-state index < -0.39 is 12.1 Å². The van der Waals surface area contributed by atoms with Crippen LogP contribution in [0.15, 0.2) is 12.2 Å². The van der Waals surface area contributed by atoms with Crippen LogP contribution >= 0.6 is 0 Å². The van der Waals surface area contributed by atoms with Crippen LogP contribution < -0.4 is 5.32 Å². The van der Waals surface area contributed by atoms with Gasteiger partial charge in [-0.15, -0.1) is 0 Å². The second-order valence-corrected chi connectivity index (χ2v) is 22.5. The first-order valence-corrected chi connectivity index (χ1v) is 32.4. The smallest absolute Gasteiger partial charge is 0.305 e. The van der Waals surface area contributed by atoms with E-state index in [0.29, 0.717) is 25.9 Å². The van der Waals surface area contributed by atoms with Crippen LogP contribution in [0.4, 0.5) is 0 Å². The molecule has 1 amide bonds. The van der Waals surface area contributed by atoms with E-state index in [4.69, 9.17) is 4.74 Å². The van der Waals surface area contributed by atoms with Gasteiger partial charge in [0.15, 0.2) is 0 Å². The Morgan fingerprint density at radius 1 is 0.380 bits per heavy atom. The van der Waals surface area contributed by atoms with Gasteiger partial charge < -0.3 is 20.3 Å². The molecule has 6 nitrogen and oxygen atoms in total. The van der Waals surface area contributed by atoms with Crippen LogP contribution in [0.2, 0.25) is 0 Å². The highest BCUT2D eigenvalue weighted by molar-refractivity contribution is 5.76. The Morgan fingerprint density at radius 2 is 0.662 bits per heavy atom. The van der Waals surface area contributed by atoms with Crippen molar-refractivity contribution in [3.8, 4) is 0 Å². The minimum atomic E-state index is -0.665. The average Bonchev–Trinajstić information content (AvgIpc) is 3.37.